The van der Waals surface area contributed by atoms with Crippen LogP contribution >= 0.6 is 11.6 Å². The first-order valence-electron chi connectivity index (χ1n) is 7.61. The number of benzene rings is 1. The Hall–Kier alpha value is -1.82. The number of piperazine rings is 1. The maximum Gasteiger partial charge on any atom is 0.257 e. The molecule has 122 valence electrons. The van der Waals surface area contributed by atoms with Crippen LogP contribution in [-0.2, 0) is 0 Å². The van der Waals surface area contributed by atoms with Crippen LogP contribution in [0.25, 0.3) is 0 Å². The molecule has 2 aromatic rings. The first-order chi connectivity index (χ1) is 11.1. The van der Waals surface area contributed by atoms with E-state index in [4.69, 9.17) is 16.0 Å². The quantitative estimate of drug-likeness (QED) is 0.933. The number of β-amino-alcohol motifs (C(OH)–C–C–N with tert-alkyl or cyclic N) is 1. The summed E-state index contributed by atoms with van der Waals surface area (Å²) in [6.45, 7) is 3.24. The van der Waals surface area contributed by atoms with E-state index in [2.05, 4.69) is 4.90 Å². The molecule has 1 aromatic carbocycles. The molecule has 0 radical (unpaired) electrons. The minimum absolute atomic E-state index is 0.00921. The molecule has 23 heavy (non-hydrogen) atoms. The van der Waals surface area contributed by atoms with E-state index in [0.717, 1.165) is 18.7 Å². The lowest BCUT2D eigenvalue weighted by Crippen LogP contribution is -2.49. The molecular weight excluding hydrogens is 316 g/mol. The van der Waals surface area contributed by atoms with Crippen molar-refractivity contribution in [3.8, 4) is 0 Å². The van der Waals surface area contributed by atoms with Crippen molar-refractivity contribution < 1.29 is 14.3 Å². The fraction of sp³-hybridized carbons (Fsp3) is 0.353. The van der Waals surface area contributed by atoms with Gasteiger partial charge in [0.1, 0.15) is 6.26 Å². The molecule has 0 bridgehead atoms. The zero-order valence-electron chi connectivity index (χ0n) is 12.7. The van der Waals surface area contributed by atoms with Gasteiger partial charge in [-0.1, -0.05) is 29.8 Å². The van der Waals surface area contributed by atoms with E-state index < -0.39 is 6.10 Å². The summed E-state index contributed by atoms with van der Waals surface area (Å²) >= 11 is 6.12. The van der Waals surface area contributed by atoms with E-state index in [1.807, 2.05) is 23.1 Å². The van der Waals surface area contributed by atoms with E-state index >= 15 is 0 Å². The number of aliphatic hydroxyl groups is 1. The van der Waals surface area contributed by atoms with Crippen LogP contribution in [0.3, 0.4) is 0 Å². The number of amides is 1. The van der Waals surface area contributed by atoms with Gasteiger partial charge in [0.2, 0.25) is 0 Å². The predicted octanol–water partition coefficient (Wildman–Crippen LogP) is 2.42. The van der Waals surface area contributed by atoms with Gasteiger partial charge in [0.25, 0.3) is 5.91 Å². The third kappa shape index (κ3) is 3.75. The monoisotopic (exact) mass is 334 g/mol. The highest BCUT2D eigenvalue weighted by atomic mass is 35.5. The molecule has 2 heterocycles. The molecule has 1 fully saturated rings. The molecule has 1 unspecified atom stereocenters. The Bertz CT molecular complexity index is 652. The van der Waals surface area contributed by atoms with Crippen molar-refractivity contribution in [2.75, 3.05) is 32.7 Å². The average molecular weight is 335 g/mol. The highest BCUT2D eigenvalue weighted by Crippen LogP contribution is 2.23. The summed E-state index contributed by atoms with van der Waals surface area (Å²) in [5, 5.41) is 10.9. The molecule has 3 rings (SSSR count). The number of hydrogen-bond acceptors (Lipinski definition) is 4. The SMILES string of the molecule is O=C(c1ccoc1)N1CCN(CC(O)c2ccccc2Cl)CC1. The van der Waals surface area contributed by atoms with Crippen molar-refractivity contribution >= 4 is 17.5 Å². The van der Waals surface area contributed by atoms with E-state index in [1.165, 1.54) is 12.5 Å². The van der Waals surface area contributed by atoms with Gasteiger partial charge in [0.05, 0.1) is 17.9 Å². The van der Waals surface area contributed by atoms with Gasteiger partial charge < -0.3 is 14.4 Å². The lowest BCUT2D eigenvalue weighted by Gasteiger charge is -2.35. The van der Waals surface area contributed by atoms with Crippen LogP contribution < -0.4 is 0 Å². The maximum atomic E-state index is 12.2. The van der Waals surface area contributed by atoms with Crippen LogP contribution in [0, 0.1) is 0 Å². The largest absolute Gasteiger partial charge is 0.472 e. The van der Waals surface area contributed by atoms with Crippen molar-refractivity contribution in [3.63, 3.8) is 0 Å². The van der Waals surface area contributed by atoms with Gasteiger partial charge in [0, 0.05) is 43.3 Å². The summed E-state index contributed by atoms with van der Waals surface area (Å²) in [5.41, 5.74) is 1.32. The average Bonchev–Trinajstić information content (AvgIpc) is 3.09. The van der Waals surface area contributed by atoms with E-state index in [0.29, 0.717) is 30.2 Å². The van der Waals surface area contributed by atoms with Gasteiger partial charge in [-0.15, -0.1) is 0 Å². The van der Waals surface area contributed by atoms with Gasteiger partial charge >= 0.3 is 0 Å². The van der Waals surface area contributed by atoms with Gasteiger partial charge in [-0.25, -0.2) is 0 Å². The van der Waals surface area contributed by atoms with Crippen molar-refractivity contribution in [3.05, 3.63) is 59.0 Å². The molecule has 5 nitrogen and oxygen atoms in total. The van der Waals surface area contributed by atoms with Crippen molar-refractivity contribution in [1.82, 2.24) is 9.80 Å². The fourth-order valence-electron chi connectivity index (χ4n) is 2.79. The Balaban J connectivity index is 1.53. The number of rotatable bonds is 4. The number of carbonyl (C=O) groups excluding carboxylic acids is 1. The highest BCUT2D eigenvalue weighted by Gasteiger charge is 2.24. The van der Waals surface area contributed by atoms with Gasteiger partial charge in [-0.05, 0) is 12.1 Å². The summed E-state index contributed by atoms with van der Waals surface area (Å²) in [6, 6.07) is 9.01. The third-order valence-electron chi connectivity index (χ3n) is 4.12. The summed E-state index contributed by atoms with van der Waals surface area (Å²) in [4.78, 5) is 16.2. The van der Waals surface area contributed by atoms with Gasteiger partial charge in [-0.2, -0.15) is 0 Å². The van der Waals surface area contributed by atoms with Crippen molar-refractivity contribution in [2.45, 2.75) is 6.10 Å². The summed E-state index contributed by atoms with van der Waals surface area (Å²) in [7, 11) is 0. The van der Waals surface area contributed by atoms with Crippen LogP contribution in [0.2, 0.25) is 5.02 Å². The second kappa shape index (κ2) is 7.17. The molecular formula is C17H19ClN2O3. The Morgan fingerprint density at radius 2 is 1.96 bits per heavy atom. The second-order valence-electron chi connectivity index (χ2n) is 5.64. The molecule has 0 aliphatic carbocycles. The Morgan fingerprint density at radius 3 is 2.61 bits per heavy atom. The second-order valence-corrected chi connectivity index (χ2v) is 6.05. The molecule has 1 amide bonds. The van der Waals surface area contributed by atoms with Gasteiger partial charge in [0.15, 0.2) is 0 Å². The standard InChI is InChI=1S/C17H19ClN2O3/c18-15-4-2-1-3-14(15)16(21)11-19-6-8-20(9-7-19)17(22)13-5-10-23-12-13/h1-5,10,12,16,21H,6-9,11H2. The normalized spacial score (nSPS) is 17.2. The van der Waals surface area contributed by atoms with Crippen LogP contribution in [0.4, 0.5) is 0 Å². The first-order valence-corrected chi connectivity index (χ1v) is 7.99. The smallest absolute Gasteiger partial charge is 0.257 e. The lowest BCUT2D eigenvalue weighted by molar-refractivity contribution is 0.0527. The number of carbonyl (C=O) groups is 1. The third-order valence-corrected chi connectivity index (χ3v) is 4.47. The number of hydrogen-bond donors (Lipinski definition) is 1. The van der Waals surface area contributed by atoms with E-state index in [9.17, 15) is 9.90 Å². The molecule has 6 heteroatoms. The topological polar surface area (TPSA) is 56.9 Å². The summed E-state index contributed by atoms with van der Waals surface area (Å²) in [6.07, 6.45) is 2.35. The Morgan fingerprint density at radius 1 is 1.22 bits per heavy atom. The molecule has 0 saturated carbocycles. The minimum atomic E-state index is -0.625. The van der Waals surface area contributed by atoms with E-state index in [1.54, 1.807) is 12.1 Å². The summed E-state index contributed by atoms with van der Waals surface area (Å²) in [5.74, 6) is -0.00921. The molecule has 1 aliphatic rings. The highest BCUT2D eigenvalue weighted by molar-refractivity contribution is 6.31. The molecule has 1 aliphatic heterocycles. The lowest BCUT2D eigenvalue weighted by atomic mass is 10.1. The maximum absolute atomic E-state index is 12.2. The predicted molar refractivity (Wildman–Crippen MR) is 87.5 cm³/mol. The Labute approximate surface area is 140 Å². The van der Waals surface area contributed by atoms with Crippen LogP contribution in [0.1, 0.15) is 22.0 Å². The van der Waals surface area contributed by atoms with Crippen LogP contribution in [-0.4, -0.2) is 53.5 Å². The molecule has 1 saturated heterocycles. The Kier molecular flexibility index (Phi) is 5.00. The number of furan rings is 1. The first kappa shape index (κ1) is 16.1. The van der Waals surface area contributed by atoms with Gasteiger partial charge in [-0.3, -0.25) is 9.69 Å². The minimum Gasteiger partial charge on any atom is -0.472 e. The molecule has 0 spiro atoms. The number of nitrogens with zero attached hydrogens (tertiary/aromatic N) is 2. The molecule has 1 aromatic heterocycles. The number of halogens is 1. The van der Waals surface area contributed by atoms with Crippen molar-refractivity contribution in [1.29, 1.82) is 0 Å². The zero-order chi connectivity index (χ0) is 16.2. The van der Waals surface area contributed by atoms with Crippen LogP contribution in [0.15, 0.2) is 47.3 Å². The summed E-state index contributed by atoms with van der Waals surface area (Å²) < 4.78 is 4.96. The number of aliphatic hydroxyl groups excluding tert-OH is 1. The molecule has 1 N–H and O–H groups in total. The van der Waals surface area contributed by atoms with Crippen molar-refractivity contribution in [2.24, 2.45) is 0 Å². The van der Waals surface area contributed by atoms with E-state index in [-0.39, 0.29) is 5.91 Å². The van der Waals surface area contributed by atoms with Crippen LogP contribution in [0.5, 0.6) is 0 Å². The fourth-order valence-corrected chi connectivity index (χ4v) is 3.05. The molecule has 1 atom stereocenters. The zero-order valence-corrected chi connectivity index (χ0v) is 13.4.